The number of benzene rings is 1. The molecule has 1 saturated heterocycles. The first-order valence-corrected chi connectivity index (χ1v) is 8.51. The molecule has 136 valence electrons. The number of hydrogen-bond acceptors (Lipinski definition) is 5. The Hall–Kier alpha value is -3.10. The highest BCUT2D eigenvalue weighted by Gasteiger charge is 2.34. The maximum Gasteiger partial charge on any atom is 0.354 e. The van der Waals surface area contributed by atoms with Gasteiger partial charge in [-0.05, 0) is 37.1 Å². The molecule has 0 saturated carbocycles. The smallest absolute Gasteiger partial charge is 0.354 e. The van der Waals surface area contributed by atoms with Gasteiger partial charge in [0.2, 0.25) is 5.91 Å². The first kappa shape index (κ1) is 16.4. The van der Waals surface area contributed by atoms with Gasteiger partial charge in [-0.1, -0.05) is 0 Å². The van der Waals surface area contributed by atoms with Gasteiger partial charge in [0.05, 0.1) is 13.7 Å². The maximum atomic E-state index is 12.6. The summed E-state index contributed by atoms with van der Waals surface area (Å²) in [4.78, 5) is 40.6. The van der Waals surface area contributed by atoms with E-state index in [4.69, 9.17) is 4.74 Å². The van der Waals surface area contributed by atoms with Gasteiger partial charge in [-0.15, -0.1) is 0 Å². The van der Waals surface area contributed by atoms with Gasteiger partial charge < -0.3 is 9.64 Å². The lowest BCUT2D eigenvalue weighted by Crippen LogP contribution is -2.38. The Morgan fingerprint density at radius 3 is 2.46 bits per heavy atom. The molecule has 0 bridgehead atoms. The molecule has 3 heterocycles. The lowest BCUT2D eigenvalue weighted by Gasteiger charge is -2.16. The van der Waals surface area contributed by atoms with E-state index < -0.39 is 11.7 Å². The van der Waals surface area contributed by atoms with Crippen molar-refractivity contribution in [3.63, 3.8) is 0 Å². The van der Waals surface area contributed by atoms with Crippen LogP contribution < -0.4 is 15.3 Å². The van der Waals surface area contributed by atoms with E-state index in [2.05, 4.69) is 5.10 Å². The highest BCUT2D eigenvalue weighted by atomic mass is 16.5. The van der Waals surface area contributed by atoms with Gasteiger partial charge in [0.25, 0.3) is 0 Å². The zero-order valence-electron chi connectivity index (χ0n) is 14.4. The molecular weight excluding hydrogens is 338 g/mol. The number of nitrogens with zero attached hydrogens (tertiary/aromatic N) is 5. The molecule has 1 aromatic carbocycles. The first-order chi connectivity index (χ1) is 12.6. The number of anilines is 1. The number of fused-ring (bicyclic) bond motifs is 1. The number of amides is 2. The molecule has 0 aliphatic carbocycles. The Kier molecular flexibility index (Phi) is 3.98. The van der Waals surface area contributed by atoms with E-state index in [0.29, 0.717) is 30.4 Å². The number of methoxy groups -OCH3 is 1. The second kappa shape index (κ2) is 6.32. The fourth-order valence-corrected chi connectivity index (χ4v) is 3.34. The maximum absolute atomic E-state index is 12.6. The summed E-state index contributed by atoms with van der Waals surface area (Å²) in [5.41, 5.74) is 0.0777. The molecule has 9 nitrogen and oxygen atoms in total. The van der Waals surface area contributed by atoms with Crippen LogP contribution in [0.2, 0.25) is 0 Å². The number of likely N-dealkylation sites (tertiary alicyclic amines) is 1. The van der Waals surface area contributed by atoms with E-state index in [1.165, 1.54) is 4.90 Å². The number of rotatable bonds is 4. The average Bonchev–Trinajstić information content (AvgIpc) is 3.35. The van der Waals surface area contributed by atoms with Gasteiger partial charge in [0, 0.05) is 18.8 Å². The van der Waals surface area contributed by atoms with E-state index >= 15 is 0 Å². The van der Waals surface area contributed by atoms with Crippen LogP contribution in [0.15, 0.2) is 29.1 Å². The van der Waals surface area contributed by atoms with E-state index in [9.17, 15) is 14.4 Å². The fourth-order valence-electron chi connectivity index (χ4n) is 3.34. The van der Waals surface area contributed by atoms with Crippen molar-refractivity contribution >= 4 is 17.6 Å². The Morgan fingerprint density at radius 2 is 1.85 bits per heavy atom. The molecule has 0 N–H and O–H groups in total. The predicted octanol–water partition coefficient (Wildman–Crippen LogP) is 0.664. The van der Waals surface area contributed by atoms with Crippen LogP contribution in [-0.4, -0.2) is 51.4 Å². The van der Waals surface area contributed by atoms with Crippen LogP contribution >= 0.6 is 0 Å². The van der Waals surface area contributed by atoms with Crippen molar-refractivity contribution in [2.75, 3.05) is 25.1 Å². The summed E-state index contributed by atoms with van der Waals surface area (Å²) in [6.45, 7) is 1.48. The number of carbonyl (C=O) groups is 2. The fraction of sp³-hybridized carbons (Fsp3) is 0.412. The molecule has 0 radical (unpaired) electrons. The third-order valence-electron chi connectivity index (χ3n) is 4.76. The van der Waals surface area contributed by atoms with Crippen LogP contribution in [0.3, 0.4) is 0 Å². The van der Waals surface area contributed by atoms with Crippen molar-refractivity contribution in [2.45, 2.75) is 25.9 Å². The summed E-state index contributed by atoms with van der Waals surface area (Å²) in [6.07, 6.45) is 1.96. The van der Waals surface area contributed by atoms with Gasteiger partial charge >= 0.3 is 11.7 Å². The Morgan fingerprint density at radius 1 is 1.15 bits per heavy atom. The molecule has 1 fully saturated rings. The third kappa shape index (κ3) is 2.65. The highest BCUT2D eigenvalue weighted by Crippen LogP contribution is 2.24. The summed E-state index contributed by atoms with van der Waals surface area (Å²) >= 11 is 0. The molecule has 1 aromatic heterocycles. The van der Waals surface area contributed by atoms with Crippen molar-refractivity contribution in [3.05, 3.63) is 40.6 Å². The highest BCUT2D eigenvalue weighted by molar-refractivity contribution is 5.96. The Bertz CT molecular complexity index is 908. The largest absolute Gasteiger partial charge is 0.497 e. The summed E-state index contributed by atoms with van der Waals surface area (Å²) in [6, 6.07) is 6.53. The first-order valence-electron chi connectivity index (χ1n) is 8.51. The van der Waals surface area contributed by atoms with Crippen LogP contribution in [-0.2, 0) is 17.9 Å². The lowest BCUT2D eigenvalue weighted by atomic mass is 10.3. The number of carbonyl (C=O) groups excluding carboxylic acids is 2. The molecular formula is C17H19N5O4. The molecule has 2 aliphatic heterocycles. The van der Waals surface area contributed by atoms with Crippen LogP contribution in [0.25, 0.3) is 0 Å². The predicted molar refractivity (Wildman–Crippen MR) is 92.3 cm³/mol. The summed E-state index contributed by atoms with van der Waals surface area (Å²) < 4.78 is 7.22. The summed E-state index contributed by atoms with van der Waals surface area (Å²) in [7, 11) is 1.57. The van der Waals surface area contributed by atoms with Crippen molar-refractivity contribution in [3.8, 4) is 5.75 Å². The standard InChI is InChI=1S/C17H19N5O4/c1-26-13-6-4-12(5-7-13)20-10-14-18-21(17(25)22(14)16(20)24)11-15(23)19-8-2-3-9-19/h4-7H,2-3,8-11H2,1H3. The van der Waals surface area contributed by atoms with Crippen molar-refractivity contribution < 1.29 is 14.3 Å². The van der Waals surface area contributed by atoms with Gasteiger partial charge in [-0.3, -0.25) is 9.69 Å². The number of aromatic nitrogens is 3. The lowest BCUT2D eigenvalue weighted by molar-refractivity contribution is -0.131. The van der Waals surface area contributed by atoms with Crippen molar-refractivity contribution in [2.24, 2.45) is 0 Å². The molecule has 9 heteroatoms. The van der Waals surface area contributed by atoms with Crippen molar-refractivity contribution in [1.82, 2.24) is 19.2 Å². The average molecular weight is 357 g/mol. The second-order valence-corrected chi connectivity index (χ2v) is 6.35. The molecule has 4 rings (SSSR count). The van der Waals surface area contributed by atoms with Crippen molar-refractivity contribution in [1.29, 1.82) is 0 Å². The van der Waals surface area contributed by atoms with Gasteiger partial charge in [0.1, 0.15) is 12.3 Å². The number of hydrogen-bond donors (Lipinski definition) is 0. The Labute approximate surface area is 149 Å². The van der Waals surface area contributed by atoms with Crippen LogP contribution in [0.4, 0.5) is 10.5 Å². The molecule has 2 aromatic rings. The van der Waals surface area contributed by atoms with E-state index in [1.807, 2.05) is 0 Å². The number of ether oxygens (including phenoxy) is 1. The summed E-state index contributed by atoms with van der Waals surface area (Å²) in [5.74, 6) is 0.881. The molecule has 0 spiro atoms. The molecule has 0 atom stereocenters. The molecule has 0 unspecified atom stereocenters. The SMILES string of the molecule is COc1ccc(N2Cc3nn(CC(=O)N4CCCC4)c(=O)n3C2=O)cc1. The third-order valence-corrected chi connectivity index (χ3v) is 4.76. The van der Waals surface area contributed by atoms with E-state index in [0.717, 1.165) is 22.1 Å². The van der Waals surface area contributed by atoms with Gasteiger partial charge in [-0.25, -0.2) is 14.3 Å². The minimum Gasteiger partial charge on any atom is -0.497 e. The molecule has 26 heavy (non-hydrogen) atoms. The quantitative estimate of drug-likeness (QED) is 0.802. The minimum atomic E-state index is -0.575. The normalized spacial score (nSPS) is 16.3. The summed E-state index contributed by atoms with van der Waals surface area (Å²) in [5, 5.41) is 4.19. The van der Waals surface area contributed by atoms with Crippen LogP contribution in [0, 0.1) is 0 Å². The molecule has 2 aliphatic rings. The topological polar surface area (TPSA) is 89.7 Å². The zero-order valence-corrected chi connectivity index (χ0v) is 14.4. The zero-order chi connectivity index (χ0) is 18.3. The van der Waals surface area contributed by atoms with Crippen LogP contribution in [0.1, 0.15) is 18.7 Å². The van der Waals surface area contributed by atoms with E-state index in [1.54, 1.807) is 36.3 Å². The van der Waals surface area contributed by atoms with E-state index in [-0.39, 0.29) is 19.0 Å². The minimum absolute atomic E-state index is 0.130. The Balaban J connectivity index is 1.54. The molecule has 2 amide bonds. The van der Waals surface area contributed by atoms with Gasteiger partial charge in [-0.2, -0.15) is 9.67 Å². The monoisotopic (exact) mass is 357 g/mol. The van der Waals surface area contributed by atoms with Gasteiger partial charge in [0.15, 0.2) is 5.82 Å². The second-order valence-electron chi connectivity index (χ2n) is 6.35. The van der Waals surface area contributed by atoms with Crippen LogP contribution in [0.5, 0.6) is 5.75 Å².